The number of imide groups is 1. The standard InChI is InChI=1S/C17H22BrNO3/c18-11-7-2-1-6-10-16(20)19-15(13-22-17(19)21)12-14-8-4-3-5-9-14/h3-5,8-9,15H,1-2,6-7,10-13H2/t15-/m1/s1. The molecule has 1 heterocycles. The average molecular weight is 368 g/mol. The molecule has 1 atom stereocenters. The van der Waals surface area contributed by atoms with Crippen LogP contribution in [0.4, 0.5) is 4.79 Å². The van der Waals surface area contributed by atoms with E-state index < -0.39 is 6.09 Å². The zero-order chi connectivity index (χ0) is 15.8. The lowest BCUT2D eigenvalue weighted by Crippen LogP contribution is -2.40. The van der Waals surface area contributed by atoms with Crippen LogP contribution in [-0.4, -0.2) is 34.9 Å². The second-order valence-electron chi connectivity index (χ2n) is 5.54. The molecule has 1 aliphatic heterocycles. The Morgan fingerprint density at radius 1 is 1.18 bits per heavy atom. The highest BCUT2D eigenvalue weighted by Gasteiger charge is 2.37. The monoisotopic (exact) mass is 367 g/mol. The highest BCUT2D eigenvalue weighted by molar-refractivity contribution is 9.09. The van der Waals surface area contributed by atoms with Gasteiger partial charge in [-0.1, -0.05) is 59.1 Å². The third-order valence-corrected chi connectivity index (χ3v) is 4.38. The van der Waals surface area contributed by atoms with Crippen molar-refractivity contribution in [3.8, 4) is 0 Å². The SMILES string of the molecule is O=C(CCCCCCBr)N1C(=O)OC[C@H]1Cc1ccccc1. The van der Waals surface area contributed by atoms with E-state index >= 15 is 0 Å². The van der Waals surface area contributed by atoms with Crippen molar-refractivity contribution in [3.63, 3.8) is 0 Å². The van der Waals surface area contributed by atoms with Crippen LogP contribution in [0.1, 0.15) is 37.7 Å². The number of carbonyl (C=O) groups excluding carboxylic acids is 2. The molecular formula is C17H22BrNO3. The number of hydrogen-bond donors (Lipinski definition) is 0. The van der Waals surface area contributed by atoms with Gasteiger partial charge in [-0.25, -0.2) is 9.69 Å². The minimum Gasteiger partial charge on any atom is -0.447 e. The summed E-state index contributed by atoms with van der Waals surface area (Å²) in [6.45, 7) is 0.295. The largest absolute Gasteiger partial charge is 0.447 e. The summed E-state index contributed by atoms with van der Waals surface area (Å²) >= 11 is 3.40. The van der Waals surface area contributed by atoms with E-state index in [2.05, 4.69) is 15.9 Å². The molecule has 0 saturated carbocycles. The number of hydrogen-bond acceptors (Lipinski definition) is 3. The minimum absolute atomic E-state index is 0.109. The fourth-order valence-electron chi connectivity index (χ4n) is 2.65. The summed E-state index contributed by atoms with van der Waals surface area (Å²) in [7, 11) is 0. The molecule has 1 aromatic rings. The summed E-state index contributed by atoms with van der Waals surface area (Å²) in [5.74, 6) is -0.109. The van der Waals surface area contributed by atoms with Crippen LogP contribution in [0, 0.1) is 0 Å². The number of cyclic esters (lactones) is 1. The van der Waals surface area contributed by atoms with Crippen LogP contribution in [-0.2, 0) is 16.0 Å². The van der Waals surface area contributed by atoms with E-state index in [0.717, 1.165) is 36.6 Å². The second kappa shape index (κ2) is 8.93. The summed E-state index contributed by atoms with van der Waals surface area (Å²) < 4.78 is 5.08. The number of benzene rings is 1. The third kappa shape index (κ3) is 4.83. The Morgan fingerprint density at radius 2 is 1.91 bits per heavy atom. The molecule has 22 heavy (non-hydrogen) atoms. The van der Waals surface area contributed by atoms with Gasteiger partial charge in [-0.05, 0) is 24.8 Å². The van der Waals surface area contributed by atoms with Gasteiger partial charge in [-0.15, -0.1) is 0 Å². The summed E-state index contributed by atoms with van der Waals surface area (Å²) in [5, 5.41) is 0.999. The fourth-order valence-corrected chi connectivity index (χ4v) is 3.04. The molecule has 2 rings (SSSR count). The second-order valence-corrected chi connectivity index (χ2v) is 6.33. The maximum Gasteiger partial charge on any atom is 0.416 e. The molecule has 1 aliphatic rings. The first kappa shape index (κ1) is 17.0. The maximum absolute atomic E-state index is 12.3. The maximum atomic E-state index is 12.3. The lowest BCUT2D eigenvalue weighted by Gasteiger charge is -2.19. The van der Waals surface area contributed by atoms with Gasteiger partial charge in [0.1, 0.15) is 6.61 Å². The van der Waals surface area contributed by atoms with Gasteiger partial charge >= 0.3 is 6.09 Å². The molecule has 1 saturated heterocycles. The molecule has 1 fully saturated rings. The minimum atomic E-state index is -0.494. The Balaban J connectivity index is 1.86. The van der Waals surface area contributed by atoms with Crippen LogP contribution in [0.15, 0.2) is 30.3 Å². The summed E-state index contributed by atoms with van der Waals surface area (Å²) in [6.07, 6.45) is 4.65. The number of unbranched alkanes of at least 4 members (excludes halogenated alkanes) is 3. The Kier molecular flexibility index (Phi) is 6.90. The Morgan fingerprint density at radius 3 is 2.64 bits per heavy atom. The van der Waals surface area contributed by atoms with E-state index in [1.54, 1.807) is 0 Å². The lowest BCUT2D eigenvalue weighted by molar-refractivity contribution is -0.129. The predicted molar refractivity (Wildman–Crippen MR) is 89.0 cm³/mol. The van der Waals surface area contributed by atoms with Gasteiger partial charge < -0.3 is 4.74 Å². The number of alkyl halides is 1. The molecule has 2 amide bonds. The van der Waals surface area contributed by atoms with E-state index in [1.807, 2.05) is 30.3 Å². The summed E-state index contributed by atoms with van der Waals surface area (Å²) in [5.41, 5.74) is 1.11. The molecule has 5 heteroatoms. The molecule has 0 N–H and O–H groups in total. The van der Waals surface area contributed by atoms with Crippen LogP contribution in [0.5, 0.6) is 0 Å². The first-order chi connectivity index (χ1) is 10.7. The normalized spacial score (nSPS) is 17.6. The Labute approximate surface area is 140 Å². The molecule has 0 radical (unpaired) electrons. The Hall–Kier alpha value is -1.36. The first-order valence-corrected chi connectivity index (χ1v) is 8.93. The van der Waals surface area contributed by atoms with Crippen molar-refractivity contribution < 1.29 is 14.3 Å². The van der Waals surface area contributed by atoms with Crippen LogP contribution in [0.25, 0.3) is 0 Å². The molecule has 4 nitrogen and oxygen atoms in total. The number of carbonyl (C=O) groups is 2. The van der Waals surface area contributed by atoms with Crippen molar-refractivity contribution in [2.75, 3.05) is 11.9 Å². The van der Waals surface area contributed by atoms with Crippen LogP contribution in [0.2, 0.25) is 0 Å². The van der Waals surface area contributed by atoms with E-state index in [4.69, 9.17) is 4.74 Å². The number of nitrogens with zero attached hydrogens (tertiary/aromatic N) is 1. The molecule has 0 bridgehead atoms. The molecule has 0 unspecified atom stereocenters. The zero-order valence-electron chi connectivity index (χ0n) is 12.7. The molecule has 120 valence electrons. The van der Waals surface area contributed by atoms with Gasteiger partial charge in [-0.2, -0.15) is 0 Å². The summed E-state index contributed by atoms with van der Waals surface area (Å²) in [6, 6.07) is 9.71. The van der Waals surface area contributed by atoms with Crippen molar-refractivity contribution in [1.82, 2.24) is 4.90 Å². The molecule has 0 spiro atoms. The van der Waals surface area contributed by atoms with E-state index in [-0.39, 0.29) is 11.9 Å². The topological polar surface area (TPSA) is 46.6 Å². The van der Waals surface area contributed by atoms with Gasteiger partial charge in [0.15, 0.2) is 0 Å². The van der Waals surface area contributed by atoms with Crippen molar-refractivity contribution in [3.05, 3.63) is 35.9 Å². The highest BCUT2D eigenvalue weighted by atomic mass is 79.9. The van der Waals surface area contributed by atoms with E-state index in [0.29, 0.717) is 19.4 Å². The van der Waals surface area contributed by atoms with Gasteiger partial charge in [-0.3, -0.25) is 4.79 Å². The zero-order valence-corrected chi connectivity index (χ0v) is 14.3. The van der Waals surface area contributed by atoms with Crippen molar-refractivity contribution in [2.24, 2.45) is 0 Å². The van der Waals surface area contributed by atoms with Gasteiger partial charge in [0.2, 0.25) is 5.91 Å². The number of ether oxygens (including phenoxy) is 1. The summed E-state index contributed by atoms with van der Waals surface area (Å²) in [4.78, 5) is 25.5. The Bertz CT molecular complexity index is 492. The molecule has 0 aromatic heterocycles. The number of amides is 2. The smallest absolute Gasteiger partial charge is 0.416 e. The number of halogens is 1. The number of rotatable bonds is 8. The van der Waals surface area contributed by atoms with Gasteiger partial charge in [0.05, 0.1) is 6.04 Å². The fraction of sp³-hybridized carbons (Fsp3) is 0.529. The predicted octanol–water partition coefficient (Wildman–Crippen LogP) is 3.92. The first-order valence-electron chi connectivity index (χ1n) is 7.81. The third-order valence-electron chi connectivity index (χ3n) is 3.82. The van der Waals surface area contributed by atoms with Gasteiger partial charge in [0, 0.05) is 11.8 Å². The quantitative estimate of drug-likeness (QED) is 0.516. The van der Waals surface area contributed by atoms with Crippen LogP contribution in [0.3, 0.4) is 0 Å². The average Bonchev–Trinajstić information content (AvgIpc) is 2.88. The lowest BCUT2D eigenvalue weighted by atomic mass is 10.1. The van der Waals surface area contributed by atoms with Crippen LogP contribution >= 0.6 is 15.9 Å². The van der Waals surface area contributed by atoms with E-state index in [9.17, 15) is 9.59 Å². The van der Waals surface area contributed by atoms with Crippen molar-refractivity contribution in [1.29, 1.82) is 0 Å². The van der Waals surface area contributed by atoms with Crippen molar-refractivity contribution >= 4 is 27.9 Å². The van der Waals surface area contributed by atoms with Crippen LogP contribution < -0.4 is 0 Å². The molecule has 0 aliphatic carbocycles. The van der Waals surface area contributed by atoms with Gasteiger partial charge in [0.25, 0.3) is 0 Å². The van der Waals surface area contributed by atoms with Crippen molar-refractivity contribution in [2.45, 2.75) is 44.6 Å². The molecular weight excluding hydrogens is 346 g/mol. The molecule has 1 aromatic carbocycles. The van der Waals surface area contributed by atoms with E-state index in [1.165, 1.54) is 4.90 Å². The highest BCUT2D eigenvalue weighted by Crippen LogP contribution is 2.19.